The molecule has 2 saturated heterocycles. The Morgan fingerprint density at radius 2 is 1.89 bits per heavy atom. The summed E-state index contributed by atoms with van der Waals surface area (Å²) in [5, 5.41) is 3.09. The van der Waals surface area contributed by atoms with Crippen molar-refractivity contribution in [3.63, 3.8) is 0 Å². The molecule has 7 nitrogen and oxygen atoms in total. The normalized spacial score (nSPS) is 24.3. The van der Waals surface area contributed by atoms with Gasteiger partial charge in [-0.1, -0.05) is 0 Å². The molecule has 0 radical (unpaired) electrons. The molecule has 0 aromatic carbocycles. The van der Waals surface area contributed by atoms with Crippen LogP contribution in [0.15, 0.2) is 12.4 Å². The second-order valence-corrected chi connectivity index (χ2v) is 8.51. The second kappa shape index (κ2) is 8.64. The van der Waals surface area contributed by atoms with E-state index in [1.807, 2.05) is 6.20 Å². The zero-order valence-corrected chi connectivity index (χ0v) is 17.0. The Morgan fingerprint density at radius 1 is 1.11 bits per heavy atom. The van der Waals surface area contributed by atoms with Crippen LogP contribution < -0.4 is 5.32 Å². The van der Waals surface area contributed by atoms with Crippen LogP contribution >= 0.6 is 0 Å². The fraction of sp³-hybridized carbons (Fsp3) is 0.762. The van der Waals surface area contributed by atoms with Crippen LogP contribution in [0.1, 0.15) is 51.3 Å². The summed E-state index contributed by atoms with van der Waals surface area (Å²) in [4.78, 5) is 33.9. The molecule has 0 spiro atoms. The summed E-state index contributed by atoms with van der Waals surface area (Å²) >= 11 is 0. The molecule has 0 unspecified atom stereocenters. The standard InChI is InChI=1S/C21H33N5O2/c1-2-24-13-9-22-19(24)14-23-20(27)17-4-3-10-26(15-17)18-7-11-25(12-8-18)21(28)16-5-6-16/h9,13,16-18H,2-8,10-12,14-15H2,1H3,(H,23,27)/t17-/m0/s1. The van der Waals surface area contributed by atoms with Gasteiger partial charge >= 0.3 is 0 Å². The number of rotatable bonds is 6. The highest BCUT2D eigenvalue weighted by molar-refractivity contribution is 5.81. The van der Waals surface area contributed by atoms with Gasteiger partial charge in [-0.05, 0) is 52.0 Å². The summed E-state index contributed by atoms with van der Waals surface area (Å²) in [6.45, 7) is 7.12. The Bertz CT molecular complexity index is 691. The maximum Gasteiger partial charge on any atom is 0.225 e. The van der Waals surface area contributed by atoms with Crippen LogP contribution in [0, 0.1) is 11.8 Å². The number of carbonyl (C=O) groups excluding carboxylic acids is 2. The van der Waals surface area contributed by atoms with E-state index in [0.29, 0.717) is 24.4 Å². The number of aryl methyl sites for hydroxylation is 1. The predicted molar refractivity (Wildman–Crippen MR) is 106 cm³/mol. The molecule has 2 amide bonds. The van der Waals surface area contributed by atoms with E-state index in [9.17, 15) is 9.59 Å². The molecule has 2 aliphatic heterocycles. The summed E-state index contributed by atoms with van der Waals surface area (Å²) in [6, 6.07) is 0.512. The minimum atomic E-state index is 0.0601. The molecule has 4 rings (SSSR count). The van der Waals surface area contributed by atoms with Crippen LogP contribution in [0.3, 0.4) is 0 Å². The van der Waals surface area contributed by atoms with E-state index in [0.717, 1.165) is 77.1 Å². The molecule has 0 bridgehead atoms. The lowest BCUT2D eigenvalue weighted by molar-refractivity contribution is -0.134. The van der Waals surface area contributed by atoms with Gasteiger partial charge in [0.1, 0.15) is 5.82 Å². The highest BCUT2D eigenvalue weighted by atomic mass is 16.2. The number of imidazole rings is 1. The summed E-state index contributed by atoms with van der Waals surface area (Å²) in [7, 11) is 0. The van der Waals surface area contributed by atoms with Crippen molar-refractivity contribution in [2.24, 2.45) is 11.8 Å². The average Bonchev–Trinajstić information content (AvgIpc) is 3.50. The number of carbonyl (C=O) groups is 2. The van der Waals surface area contributed by atoms with E-state index in [4.69, 9.17) is 0 Å². The first-order valence-corrected chi connectivity index (χ1v) is 11.0. The SMILES string of the molecule is CCn1ccnc1CNC(=O)[C@H]1CCCN(C2CCN(C(=O)C3CC3)CC2)C1. The molecule has 154 valence electrons. The zero-order valence-electron chi connectivity index (χ0n) is 17.0. The summed E-state index contributed by atoms with van der Waals surface area (Å²) in [5.74, 6) is 1.82. The van der Waals surface area contributed by atoms with E-state index in [2.05, 4.69) is 31.6 Å². The lowest BCUT2D eigenvalue weighted by Gasteiger charge is -2.42. The van der Waals surface area contributed by atoms with Crippen LogP contribution in [-0.2, 0) is 22.7 Å². The predicted octanol–water partition coefficient (Wildman–Crippen LogP) is 1.63. The first-order chi connectivity index (χ1) is 13.7. The van der Waals surface area contributed by atoms with Crippen molar-refractivity contribution in [1.29, 1.82) is 0 Å². The van der Waals surface area contributed by atoms with Crippen molar-refractivity contribution in [2.75, 3.05) is 26.2 Å². The van der Waals surface area contributed by atoms with Gasteiger partial charge in [0, 0.05) is 50.5 Å². The lowest BCUT2D eigenvalue weighted by atomic mass is 9.93. The van der Waals surface area contributed by atoms with E-state index in [-0.39, 0.29) is 11.8 Å². The van der Waals surface area contributed by atoms with Crippen molar-refractivity contribution >= 4 is 11.8 Å². The second-order valence-electron chi connectivity index (χ2n) is 8.51. The number of likely N-dealkylation sites (tertiary alicyclic amines) is 2. The largest absolute Gasteiger partial charge is 0.349 e. The Kier molecular flexibility index (Phi) is 5.99. The molecule has 1 N–H and O–H groups in total. The molecule has 28 heavy (non-hydrogen) atoms. The van der Waals surface area contributed by atoms with Crippen molar-refractivity contribution in [1.82, 2.24) is 24.7 Å². The Labute approximate surface area is 167 Å². The Balaban J connectivity index is 1.25. The highest BCUT2D eigenvalue weighted by Gasteiger charge is 2.37. The number of hydrogen-bond donors (Lipinski definition) is 1. The van der Waals surface area contributed by atoms with E-state index in [1.54, 1.807) is 6.20 Å². The highest BCUT2D eigenvalue weighted by Crippen LogP contribution is 2.32. The van der Waals surface area contributed by atoms with E-state index < -0.39 is 0 Å². The van der Waals surface area contributed by atoms with Crippen molar-refractivity contribution < 1.29 is 9.59 Å². The third kappa shape index (κ3) is 4.40. The minimum absolute atomic E-state index is 0.0601. The number of hydrogen-bond acceptors (Lipinski definition) is 4. The summed E-state index contributed by atoms with van der Waals surface area (Å²) in [6.07, 6.45) is 10.0. The third-order valence-electron chi connectivity index (χ3n) is 6.61. The van der Waals surface area contributed by atoms with Crippen molar-refractivity contribution in [2.45, 2.75) is 64.6 Å². The Morgan fingerprint density at radius 3 is 2.61 bits per heavy atom. The van der Waals surface area contributed by atoms with Gasteiger partial charge in [0.25, 0.3) is 0 Å². The molecule has 7 heteroatoms. The lowest BCUT2D eigenvalue weighted by Crippen LogP contribution is -2.51. The van der Waals surface area contributed by atoms with Crippen molar-refractivity contribution in [3.8, 4) is 0 Å². The first-order valence-electron chi connectivity index (χ1n) is 11.0. The maximum absolute atomic E-state index is 12.7. The molecular formula is C21H33N5O2. The van der Waals surface area contributed by atoms with Crippen molar-refractivity contribution in [3.05, 3.63) is 18.2 Å². The van der Waals surface area contributed by atoms with Gasteiger partial charge < -0.3 is 14.8 Å². The molecule has 3 aliphatic rings. The van der Waals surface area contributed by atoms with E-state index in [1.165, 1.54) is 0 Å². The fourth-order valence-electron chi connectivity index (χ4n) is 4.70. The number of nitrogens with one attached hydrogen (secondary N) is 1. The van der Waals surface area contributed by atoms with Gasteiger partial charge in [-0.2, -0.15) is 0 Å². The quantitative estimate of drug-likeness (QED) is 0.805. The topological polar surface area (TPSA) is 70.5 Å². The van der Waals surface area contributed by atoms with Gasteiger partial charge in [-0.25, -0.2) is 4.98 Å². The molecule has 1 saturated carbocycles. The van der Waals surface area contributed by atoms with Gasteiger partial charge in [0.15, 0.2) is 0 Å². The van der Waals surface area contributed by atoms with Gasteiger partial charge in [-0.15, -0.1) is 0 Å². The monoisotopic (exact) mass is 387 g/mol. The van der Waals surface area contributed by atoms with Crippen LogP contribution in [0.25, 0.3) is 0 Å². The smallest absolute Gasteiger partial charge is 0.225 e. The van der Waals surface area contributed by atoms with Crippen LogP contribution in [0.2, 0.25) is 0 Å². The third-order valence-corrected chi connectivity index (χ3v) is 6.61. The summed E-state index contributed by atoms with van der Waals surface area (Å²) in [5.41, 5.74) is 0. The molecule has 1 aromatic heterocycles. The summed E-state index contributed by atoms with van der Waals surface area (Å²) < 4.78 is 2.06. The van der Waals surface area contributed by atoms with E-state index >= 15 is 0 Å². The minimum Gasteiger partial charge on any atom is -0.349 e. The molecule has 1 aromatic rings. The molecule has 1 aliphatic carbocycles. The van der Waals surface area contributed by atoms with Gasteiger partial charge in [-0.3, -0.25) is 14.5 Å². The number of aromatic nitrogens is 2. The molecule has 3 heterocycles. The van der Waals surface area contributed by atoms with Crippen LogP contribution in [0.4, 0.5) is 0 Å². The van der Waals surface area contributed by atoms with Gasteiger partial charge in [0.05, 0.1) is 12.5 Å². The Hall–Kier alpha value is -1.89. The number of amides is 2. The van der Waals surface area contributed by atoms with Crippen LogP contribution in [-0.4, -0.2) is 63.4 Å². The number of piperidine rings is 2. The maximum atomic E-state index is 12.7. The fourth-order valence-corrected chi connectivity index (χ4v) is 4.70. The molecule has 3 fully saturated rings. The zero-order chi connectivity index (χ0) is 19.5. The molecule has 1 atom stereocenters. The first kappa shape index (κ1) is 19.4. The molecular weight excluding hydrogens is 354 g/mol. The van der Waals surface area contributed by atoms with Gasteiger partial charge in [0.2, 0.25) is 11.8 Å². The average molecular weight is 388 g/mol. The van der Waals surface area contributed by atoms with Crippen LogP contribution in [0.5, 0.6) is 0 Å². The number of nitrogens with zero attached hydrogens (tertiary/aromatic N) is 4.